The number of aromatic nitrogens is 1. The highest BCUT2D eigenvalue weighted by atomic mass is 35.5. The van der Waals surface area contributed by atoms with E-state index in [-0.39, 0.29) is 5.56 Å². The van der Waals surface area contributed by atoms with Crippen LogP contribution in [0.2, 0.25) is 5.02 Å². The molecule has 0 saturated heterocycles. The van der Waals surface area contributed by atoms with Crippen molar-refractivity contribution in [2.75, 3.05) is 0 Å². The van der Waals surface area contributed by atoms with E-state index >= 15 is 0 Å². The average molecular weight is 247 g/mol. The molecule has 1 aromatic heterocycles. The van der Waals surface area contributed by atoms with E-state index in [2.05, 4.69) is 6.07 Å². The normalized spacial score (nSPS) is 12.4. The smallest absolute Gasteiger partial charge is 0.255 e. The second-order valence-electron chi connectivity index (χ2n) is 4.02. The number of pyridine rings is 1. The minimum absolute atomic E-state index is 0.131. The molecule has 0 N–H and O–H groups in total. The standard InChI is InChI=1S/C13H11ClN2O/c1-8(7-15)11-6-9-5-10(14)3-4-12(9)16(2)13(11)17/h3-6,8H,1-2H3. The highest BCUT2D eigenvalue weighted by Crippen LogP contribution is 2.21. The van der Waals surface area contributed by atoms with Crippen molar-refractivity contribution in [1.29, 1.82) is 5.26 Å². The summed E-state index contributed by atoms with van der Waals surface area (Å²) in [5, 5.41) is 10.4. The number of aryl methyl sites for hydroxylation is 1. The Hall–Kier alpha value is -1.79. The van der Waals surface area contributed by atoms with Crippen LogP contribution in [0.1, 0.15) is 18.4 Å². The Bertz CT molecular complexity index is 682. The number of hydrogen-bond donors (Lipinski definition) is 0. The third-order valence-electron chi connectivity index (χ3n) is 2.87. The van der Waals surface area contributed by atoms with Gasteiger partial charge in [-0.15, -0.1) is 0 Å². The van der Waals surface area contributed by atoms with Gasteiger partial charge >= 0.3 is 0 Å². The van der Waals surface area contributed by atoms with E-state index < -0.39 is 5.92 Å². The maximum absolute atomic E-state index is 12.0. The zero-order valence-electron chi connectivity index (χ0n) is 9.57. The van der Waals surface area contributed by atoms with Crippen LogP contribution in [0.25, 0.3) is 10.9 Å². The molecule has 0 aliphatic carbocycles. The van der Waals surface area contributed by atoms with Crippen molar-refractivity contribution < 1.29 is 0 Å². The predicted molar refractivity (Wildman–Crippen MR) is 68.2 cm³/mol. The molecule has 1 atom stereocenters. The minimum atomic E-state index is -0.419. The van der Waals surface area contributed by atoms with Gasteiger partial charge in [0.1, 0.15) is 0 Å². The molecular formula is C13H11ClN2O. The quantitative estimate of drug-likeness (QED) is 0.777. The molecule has 17 heavy (non-hydrogen) atoms. The number of rotatable bonds is 1. The van der Waals surface area contributed by atoms with E-state index in [1.54, 1.807) is 42.8 Å². The van der Waals surface area contributed by atoms with Crippen LogP contribution in [0.15, 0.2) is 29.1 Å². The summed E-state index contributed by atoms with van der Waals surface area (Å²) in [6.07, 6.45) is 0. The first kappa shape index (κ1) is 11.7. The summed E-state index contributed by atoms with van der Waals surface area (Å²) < 4.78 is 1.55. The van der Waals surface area contributed by atoms with E-state index in [9.17, 15) is 4.79 Å². The van der Waals surface area contributed by atoms with Crippen LogP contribution in [0.5, 0.6) is 0 Å². The molecule has 2 rings (SSSR count). The Kier molecular flexibility index (Phi) is 2.91. The Labute approximate surface area is 104 Å². The van der Waals surface area contributed by atoms with Crippen LogP contribution in [0.3, 0.4) is 0 Å². The molecule has 0 bridgehead atoms. The Morgan fingerprint density at radius 3 is 2.76 bits per heavy atom. The van der Waals surface area contributed by atoms with Crippen LogP contribution < -0.4 is 5.56 Å². The summed E-state index contributed by atoms with van der Waals surface area (Å²) in [5.74, 6) is -0.419. The third kappa shape index (κ3) is 1.92. The molecule has 0 amide bonds. The molecule has 2 aromatic rings. The van der Waals surface area contributed by atoms with Gasteiger partial charge < -0.3 is 4.57 Å². The second kappa shape index (κ2) is 4.23. The summed E-state index contributed by atoms with van der Waals surface area (Å²) in [6, 6.07) is 9.18. The van der Waals surface area contributed by atoms with Gasteiger partial charge in [-0.05, 0) is 31.2 Å². The summed E-state index contributed by atoms with van der Waals surface area (Å²) in [7, 11) is 1.70. The SMILES string of the molecule is CC(C#N)c1cc2cc(Cl)ccc2n(C)c1=O. The van der Waals surface area contributed by atoms with Crippen molar-refractivity contribution in [3.63, 3.8) is 0 Å². The molecule has 1 heterocycles. The van der Waals surface area contributed by atoms with Crippen LogP contribution in [0.4, 0.5) is 0 Å². The van der Waals surface area contributed by atoms with Gasteiger partial charge in [0.15, 0.2) is 0 Å². The number of benzene rings is 1. The molecule has 0 aliphatic rings. The first-order chi connectivity index (χ1) is 8.04. The highest BCUT2D eigenvalue weighted by Gasteiger charge is 2.12. The molecular weight excluding hydrogens is 236 g/mol. The molecule has 0 radical (unpaired) electrons. The van der Waals surface area contributed by atoms with E-state index in [0.717, 1.165) is 10.9 Å². The van der Waals surface area contributed by atoms with E-state index in [1.807, 2.05) is 0 Å². The zero-order chi connectivity index (χ0) is 12.6. The van der Waals surface area contributed by atoms with Crippen molar-refractivity contribution in [1.82, 2.24) is 4.57 Å². The Morgan fingerprint density at radius 1 is 1.41 bits per heavy atom. The molecule has 1 unspecified atom stereocenters. The number of halogens is 1. The topological polar surface area (TPSA) is 45.8 Å². The van der Waals surface area contributed by atoms with Gasteiger partial charge in [-0.1, -0.05) is 11.6 Å². The Morgan fingerprint density at radius 2 is 2.12 bits per heavy atom. The van der Waals surface area contributed by atoms with Gasteiger partial charge in [-0.3, -0.25) is 4.79 Å². The molecule has 0 aliphatic heterocycles. The lowest BCUT2D eigenvalue weighted by Gasteiger charge is -2.09. The first-order valence-corrected chi connectivity index (χ1v) is 5.61. The number of hydrogen-bond acceptors (Lipinski definition) is 2. The molecule has 1 aromatic carbocycles. The Balaban J connectivity index is 2.86. The largest absolute Gasteiger partial charge is 0.311 e. The second-order valence-corrected chi connectivity index (χ2v) is 4.45. The highest BCUT2D eigenvalue weighted by molar-refractivity contribution is 6.31. The molecule has 4 heteroatoms. The molecule has 0 spiro atoms. The van der Waals surface area contributed by atoms with Crippen molar-refractivity contribution in [3.8, 4) is 6.07 Å². The summed E-state index contributed by atoms with van der Waals surface area (Å²) >= 11 is 5.92. The lowest BCUT2D eigenvalue weighted by Crippen LogP contribution is -2.22. The maximum atomic E-state index is 12.0. The van der Waals surface area contributed by atoms with Crippen molar-refractivity contribution in [3.05, 3.63) is 45.2 Å². The number of nitriles is 1. The molecule has 86 valence electrons. The first-order valence-electron chi connectivity index (χ1n) is 5.23. The van der Waals surface area contributed by atoms with Crippen LogP contribution in [0, 0.1) is 11.3 Å². The monoisotopic (exact) mass is 246 g/mol. The van der Waals surface area contributed by atoms with E-state index in [1.165, 1.54) is 0 Å². The third-order valence-corrected chi connectivity index (χ3v) is 3.11. The fourth-order valence-electron chi connectivity index (χ4n) is 1.86. The average Bonchev–Trinajstić information content (AvgIpc) is 2.32. The van der Waals surface area contributed by atoms with Crippen LogP contribution in [-0.4, -0.2) is 4.57 Å². The maximum Gasteiger partial charge on any atom is 0.255 e. The minimum Gasteiger partial charge on any atom is -0.311 e. The summed E-state index contributed by atoms with van der Waals surface area (Å²) in [6.45, 7) is 1.72. The summed E-state index contributed by atoms with van der Waals surface area (Å²) in [4.78, 5) is 12.0. The fourth-order valence-corrected chi connectivity index (χ4v) is 2.04. The van der Waals surface area contributed by atoms with Gasteiger partial charge in [-0.25, -0.2) is 0 Å². The van der Waals surface area contributed by atoms with E-state index in [0.29, 0.717) is 10.6 Å². The van der Waals surface area contributed by atoms with Crippen molar-refractivity contribution in [2.45, 2.75) is 12.8 Å². The number of fused-ring (bicyclic) bond motifs is 1. The fraction of sp³-hybridized carbons (Fsp3) is 0.231. The lowest BCUT2D eigenvalue weighted by atomic mass is 10.0. The number of nitrogens with zero attached hydrogens (tertiary/aromatic N) is 2. The van der Waals surface area contributed by atoms with Gasteiger partial charge in [0.25, 0.3) is 5.56 Å². The van der Waals surface area contributed by atoms with Crippen molar-refractivity contribution >= 4 is 22.5 Å². The molecule has 3 nitrogen and oxygen atoms in total. The van der Waals surface area contributed by atoms with Crippen LogP contribution in [-0.2, 0) is 7.05 Å². The lowest BCUT2D eigenvalue weighted by molar-refractivity contribution is 0.850. The van der Waals surface area contributed by atoms with Gasteiger partial charge in [0.2, 0.25) is 0 Å². The molecule has 0 fully saturated rings. The molecule has 0 saturated carbocycles. The van der Waals surface area contributed by atoms with Crippen molar-refractivity contribution in [2.24, 2.45) is 7.05 Å². The summed E-state index contributed by atoms with van der Waals surface area (Å²) in [5.41, 5.74) is 1.19. The van der Waals surface area contributed by atoms with E-state index in [4.69, 9.17) is 16.9 Å². The van der Waals surface area contributed by atoms with Gasteiger partial charge in [0, 0.05) is 23.0 Å². The zero-order valence-corrected chi connectivity index (χ0v) is 10.3. The predicted octanol–water partition coefficient (Wildman–Crippen LogP) is 2.82. The van der Waals surface area contributed by atoms with Gasteiger partial charge in [0.05, 0.1) is 17.5 Å². The van der Waals surface area contributed by atoms with Crippen LogP contribution >= 0.6 is 11.6 Å². The van der Waals surface area contributed by atoms with Gasteiger partial charge in [-0.2, -0.15) is 5.26 Å².